The molecule has 2 nitrogen and oxygen atoms in total. The minimum Gasteiger partial charge on any atom is -0.331 e. The molecule has 0 spiro atoms. The average Bonchev–Trinajstić information content (AvgIpc) is 3.20. The number of hydrogen-bond donors (Lipinski definition) is 0. The van der Waals surface area contributed by atoms with E-state index in [2.05, 4.69) is 213 Å². The van der Waals surface area contributed by atoms with Gasteiger partial charge in [-0.15, -0.1) is 0 Å². The Hall–Kier alpha value is -6.38. The maximum atomic E-state index is 2.58. The topological polar surface area (TPSA) is 6.48 Å². The number of para-hydroxylation sites is 2. The third-order valence-electron chi connectivity index (χ3n) is 11.6. The van der Waals surface area contributed by atoms with Gasteiger partial charge in [-0.05, 0) is 130 Å². The first-order chi connectivity index (χ1) is 26.0. The zero-order valence-corrected chi connectivity index (χ0v) is 30.3. The van der Waals surface area contributed by atoms with E-state index in [1.54, 1.807) is 0 Å². The van der Waals surface area contributed by atoms with Crippen molar-refractivity contribution in [1.29, 1.82) is 0 Å². The molecular formula is C51H40N2. The van der Waals surface area contributed by atoms with Crippen LogP contribution in [0, 0.1) is 6.92 Å². The van der Waals surface area contributed by atoms with Crippen LogP contribution >= 0.6 is 0 Å². The number of nitrogens with zero attached hydrogens (tertiary/aromatic N) is 2. The second kappa shape index (κ2) is 12.1. The molecule has 2 aliphatic rings. The SMILES string of the molecule is CC1=CC(C)(N(c2ccccc2)c2ccc3ccccc3c2)C2C=Cc3c(C)cc(N(c4ccccc4)c4ccc5ccccc5c4)c4ccc1c2c34. The highest BCUT2D eigenvalue weighted by Crippen LogP contribution is 2.55. The molecular weight excluding hydrogens is 641 g/mol. The van der Waals surface area contributed by atoms with Gasteiger partial charge in [0.2, 0.25) is 0 Å². The van der Waals surface area contributed by atoms with Crippen molar-refractivity contribution >= 4 is 72.4 Å². The van der Waals surface area contributed by atoms with Gasteiger partial charge in [-0.3, -0.25) is 0 Å². The molecule has 0 saturated carbocycles. The maximum absolute atomic E-state index is 2.58. The fourth-order valence-electron chi connectivity index (χ4n) is 9.25. The second-order valence-corrected chi connectivity index (χ2v) is 14.9. The highest BCUT2D eigenvalue weighted by Gasteiger charge is 2.45. The van der Waals surface area contributed by atoms with Crippen LogP contribution in [-0.2, 0) is 0 Å². The fraction of sp³-hybridized carbons (Fsp3) is 0.0980. The highest BCUT2D eigenvalue weighted by atomic mass is 15.2. The van der Waals surface area contributed by atoms with Crippen molar-refractivity contribution < 1.29 is 0 Å². The summed E-state index contributed by atoms with van der Waals surface area (Å²) in [6.45, 7) is 7.01. The van der Waals surface area contributed by atoms with Crippen molar-refractivity contribution in [3.63, 3.8) is 0 Å². The van der Waals surface area contributed by atoms with Gasteiger partial charge in [0, 0.05) is 34.1 Å². The summed E-state index contributed by atoms with van der Waals surface area (Å²) < 4.78 is 0. The zero-order valence-electron chi connectivity index (χ0n) is 30.3. The van der Waals surface area contributed by atoms with Gasteiger partial charge in [0.15, 0.2) is 0 Å². The van der Waals surface area contributed by atoms with E-state index in [1.807, 2.05) is 0 Å². The molecule has 2 unspecified atom stereocenters. The number of benzene rings is 8. The lowest BCUT2D eigenvalue weighted by molar-refractivity contribution is 0.507. The Kier molecular flexibility index (Phi) is 7.16. The number of fused-ring (bicyclic) bond motifs is 2. The highest BCUT2D eigenvalue weighted by molar-refractivity contribution is 6.09. The van der Waals surface area contributed by atoms with E-state index < -0.39 is 5.54 Å². The monoisotopic (exact) mass is 680 g/mol. The summed E-state index contributed by atoms with van der Waals surface area (Å²) >= 11 is 0. The van der Waals surface area contributed by atoms with Crippen LogP contribution in [-0.4, -0.2) is 5.54 Å². The molecule has 254 valence electrons. The molecule has 0 amide bonds. The number of anilines is 5. The van der Waals surface area contributed by atoms with Crippen LogP contribution in [0.15, 0.2) is 176 Å². The Bertz CT molecular complexity index is 2780. The molecule has 10 rings (SSSR count). The maximum Gasteiger partial charge on any atom is 0.0714 e. The minimum atomic E-state index is -0.398. The second-order valence-electron chi connectivity index (χ2n) is 14.9. The lowest BCUT2D eigenvalue weighted by atomic mass is 9.66. The summed E-state index contributed by atoms with van der Waals surface area (Å²) in [5.41, 5.74) is 12.1. The predicted octanol–water partition coefficient (Wildman–Crippen LogP) is 14.0. The quantitative estimate of drug-likeness (QED) is 0.172. The Morgan fingerprint density at radius 3 is 1.79 bits per heavy atom. The number of hydrogen-bond acceptors (Lipinski definition) is 2. The molecule has 8 aromatic carbocycles. The van der Waals surface area contributed by atoms with Crippen LogP contribution in [0.1, 0.15) is 42.0 Å². The summed E-state index contributed by atoms with van der Waals surface area (Å²) in [6.07, 6.45) is 7.40. The Morgan fingerprint density at radius 1 is 0.528 bits per heavy atom. The van der Waals surface area contributed by atoms with Crippen LogP contribution in [0.25, 0.3) is 44.0 Å². The van der Waals surface area contributed by atoms with Crippen molar-refractivity contribution in [2.75, 3.05) is 9.80 Å². The Morgan fingerprint density at radius 2 is 1.11 bits per heavy atom. The zero-order chi connectivity index (χ0) is 35.7. The largest absolute Gasteiger partial charge is 0.331 e. The standard InChI is InChI=1S/C51H40N2/c1-34-30-48(52(40-18-6-4-7-19-40)42-24-22-36-14-10-12-16-38(36)31-42)46-27-26-45-35(2)33-51(3,47-29-28-44(34)49(46)50(45)47)53(41-20-8-5-9-21-41)43-25-23-37-15-11-13-17-39(37)32-43/h4-33,47H,1-3H3. The van der Waals surface area contributed by atoms with Crippen molar-refractivity contribution in [3.8, 4) is 0 Å². The van der Waals surface area contributed by atoms with Crippen molar-refractivity contribution in [2.24, 2.45) is 0 Å². The van der Waals surface area contributed by atoms with E-state index in [-0.39, 0.29) is 5.92 Å². The van der Waals surface area contributed by atoms with E-state index in [0.717, 1.165) is 11.4 Å². The van der Waals surface area contributed by atoms with Crippen LogP contribution in [0.3, 0.4) is 0 Å². The average molecular weight is 681 g/mol. The summed E-state index contributed by atoms with van der Waals surface area (Å²) in [5.74, 6) is 0.101. The van der Waals surface area contributed by atoms with Crippen LogP contribution in [0.2, 0.25) is 0 Å². The first kappa shape index (κ1) is 31.4. The van der Waals surface area contributed by atoms with Gasteiger partial charge < -0.3 is 9.80 Å². The van der Waals surface area contributed by atoms with E-state index in [1.165, 1.54) is 77.2 Å². The first-order valence-corrected chi connectivity index (χ1v) is 18.6. The first-order valence-electron chi connectivity index (χ1n) is 18.6. The molecule has 0 fully saturated rings. The molecule has 0 N–H and O–H groups in total. The minimum absolute atomic E-state index is 0.101. The lowest BCUT2D eigenvalue weighted by Gasteiger charge is -2.49. The van der Waals surface area contributed by atoms with Crippen molar-refractivity contribution in [1.82, 2.24) is 0 Å². The van der Waals surface area contributed by atoms with Crippen molar-refractivity contribution in [2.45, 2.75) is 32.2 Å². The molecule has 2 atom stereocenters. The molecule has 0 saturated heterocycles. The Labute approximate surface area is 311 Å². The summed E-state index contributed by atoms with van der Waals surface area (Å²) in [4.78, 5) is 5.03. The van der Waals surface area contributed by atoms with Gasteiger partial charge in [0.25, 0.3) is 0 Å². The molecule has 0 aromatic heterocycles. The van der Waals surface area contributed by atoms with E-state index in [4.69, 9.17) is 0 Å². The smallest absolute Gasteiger partial charge is 0.0714 e. The predicted molar refractivity (Wildman–Crippen MR) is 227 cm³/mol. The third kappa shape index (κ3) is 4.94. The van der Waals surface area contributed by atoms with Crippen molar-refractivity contribution in [3.05, 3.63) is 198 Å². The lowest BCUT2D eigenvalue weighted by Crippen LogP contribution is -2.48. The summed E-state index contributed by atoms with van der Waals surface area (Å²) in [5, 5.41) is 7.60. The van der Waals surface area contributed by atoms with Gasteiger partial charge in [-0.1, -0.05) is 127 Å². The molecule has 2 aliphatic carbocycles. The van der Waals surface area contributed by atoms with Gasteiger partial charge in [0.1, 0.15) is 0 Å². The molecule has 53 heavy (non-hydrogen) atoms. The number of allylic oxidation sites excluding steroid dienone is 1. The molecule has 0 aliphatic heterocycles. The third-order valence-corrected chi connectivity index (χ3v) is 11.6. The Balaban J connectivity index is 1.22. The van der Waals surface area contributed by atoms with Gasteiger partial charge in [-0.2, -0.15) is 0 Å². The molecule has 0 bridgehead atoms. The molecule has 8 aromatic rings. The summed E-state index contributed by atoms with van der Waals surface area (Å²) in [7, 11) is 0. The fourth-order valence-corrected chi connectivity index (χ4v) is 9.25. The van der Waals surface area contributed by atoms with Gasteiger partial charge >= 0.3 is 0 Å². The van der Waals surface area contributed by atoms with Gasteiger partial charge in [0.05, 0.1) is 11.2 Å². The normalized spacial score (nSPS) is 17.3. The molecule has 2 heteroatoms. The van der Waals surface area contributed by atoms with E-state index in [9.17, 15) is 0 Å². The van der Waals surface area contributed by atoms with Crippen LogP contribution in [0.4, 0.5) is 28.4 Å². The summed E-state index contributed by atoms with van der Waals surface area (Å²) in [6, 6.07) is 60.0. The van der Waals surface area contributed by atoms with Crippen LogP contribution < -0.4 is 9.80 Å². The number of rotatable bonds is 6. The van der Waals surface area contributed by atoms with Gasteiger partial charge in [-0.25, -0.2) is 0 Å². The van der Waals surface area contributed by atoms with E-state index >= 15 is 0 Å². The number of aryl methyl sites for hydroxylation is 1. The molecule has 0 radical (unpaired) electrons. The van der Waals surface area contributed by atoms with Crippen LogP contribution in [0.5, 0.6) is 0 Å². The van der Waals surface area contributed by atoms with E-state index in [0.29, 0.717) is 0 Å². The molecule has 0 heterocycles.